The predicted molar refractivity (Wildman–Crippen MR) is 77.3 cm³/mol. The van der Waals surface area contributed by atoms with Gasteiger partial charge in [0, 0.05) is 32.4 Å². The summed E-state index contributed by atoms with van der Waals surface area (Å²) in [6.45, 7) is 1.07. The van der Waals surface area contributed by atoms with E-state index >= 15 is 0 Å². The smallest absolute Gasteiger partial charge is 0.255 e. The zero-order chi connectivity index (χ0) is 13.6. The highest BCUT2D eigenvalue weighted by Crippen LogP contribution is 2.41. The molecule has 1 aromatic rings. The van der Waals surface area contributed by atoms with Crippen LogP contribution in [0.15, 0.2) is 18.2 Å². The third kappa shape index (κ3) is 2.05. The fourth-order valence-electron chi connectivity index (χ4n) is 3.43. The van der Waals surface area contributed by atoms with Gasteiger partial charge < -0.3 is 15.5 Å². The van der Waals surface area contributed by atoms with Gasteiger partial charge in [0.1, 0.15) is 0 Å². The molecule has 2 unspecified atom stereocenters. The van der Waals surface area contributed by atoms with Gasteiger partial charge in [0.05, 0.1) is 11.3 Å². The second kappa shape index (κ2) is 4.44. The van der Waals surface area contributed by atoms with E-state index < -0.39 is 0 Å². The molecule has 2 atom stereocenters. The number of carbonyl (C=O) groups is 1. The number of nitrogens with zero attached hydrogens (tertiary/aromatic N) is 2. The summed E-state index contributed by atoms with van der Waals surface area (Å²) >= 11 is 0. The number of benzene rings is 1. The van der Waals surface area contributed by atoms with Gasteiger partial charge in [0.15, 0.2) is 0 Å². The molecule has 2 bridgehead atoms. The highest BCUT2D eigenvalue weighted by Gasteiger charge is 2.39. The SMILES string of the molecule is CN(C)C(=O)c1ccc(N)cc1N1CC2CCC1C2. The second-order valence-electron chi connectivity index (χ2n) is 5.96. The fourth-order valence-corrected chi connectivity index (χ4v) is 3.43. The molecular formula is C15H21N3O. The van der Waals surface area contributed by atoms with Crippen molar-refractivity contribution in [1.82, 2.24) is 4.90 Å². The zero-order valence-corrected chi connectivity index (χ0v) is 11.6. The molecule has 102 valence electrons. The summed E-state index contributed by atoms with van der Waals surface area (Å²) in [5, 5.41) is 0. The lowest BCUT2D eigenvalue weighted by Gasteiger charge is -2.31. The summed E-state index contributed by atoms with van der Waals surface area (Å²) in [7, 11) is 3.58. The normalized spacial score (nSPS) is 24.8. The van der Waals surface area contributed by atoms with Gasteiger partial charge in [-0.2, -0.15) is 0 Å². The zero-order valence-electron chi connectivity index (χ0n) is 11.6. The Balaban J connectivity index is 1.99. The number of piperidine rings is 1. The number of carbonyl (C=O) groups excluding carboxylic acids is 1. The summed E-state index contributed by atoms with van der Waals surface area (Å²) in [5.74, 6) is 0.853. The topological polar surface area (TPSA) is 49.6 Å². The molecule has 2 fully saturated rings. The van der Waals surface area contributed by atoms with Crippen LogP contribution in [0, 0.1) is 5.92 Å². The molecular weight excluding hydrogens is 238 g/mol. The molecule has 1 saturated heterocycles. The Morgan fingerprint density at radius 2 is 2.16 bits per heavy atom. The molecule has 0 aromatic heterocycles. The van der Waals surface area contributed by atoms with Gasteiger partial charge in [0.2, 0.25) is 0 Å². The summed E-state index contributed by atoms with van der Waals surface area (Å²) < 4.78 is 0. The number of hydrogen-bond acceptors (Lipinski definition) is 3. The van der Waals surface area contributed by atoms with E-state index in [0.717, 1.165) is 29.4 Å². The molecule has 0 spiro atoms. The van der Waals surface area contributed by atoms with Gasteiger partial charge in [-0.1, -0.05) is 0 Å². The van der Waals surface area contributed by atoms with Crippen LogP contribution in [0.5, 0.6) is 0 Å². The highest BCUT2D eigenvalue weighted by atomic mass is 16.2. The molecule has 0 radical (unpaired) electrons. The first kappa shape index (κ1) is 12.3. The van der Waals surface area contributed by atoms with Crippen LogP contribution in [0.3, 0.4) is 0 Å². The number of amides is 1. The maximum absolute atomic E-state index is 12.3. The van der Waals surface area contributed by atoms with Crippen molar-refractivity contribution in [3.05, 3.63) is 23.8 Å². The first-order chi connectivity index (χ1) is 9.06. The molecule has 1 amide bonds. The lowest BCUT2D eigenvalue weighted by atomic mass is 10.1. The third-order valence-electron chi connectivity index (χ3n) is 4.38. The largest absolute Gasteiger partial charge is 0.399 e. The lowest BCUT2D eigenvalue weighted by molar-refractivity contribution is 0.0828. The van der Waals surface area contributed by atoms with Crippen molar-refractivity contribution in [3.63, 3.8) is 0 Å². The van der Waals surface area contributed by atoms with E-state index in [1.807, 2.05) is 18.2 Å². The molecule has 1 aliphatic heterocycles. The number of nitrogens with two attached hydrogens (primary N) is 1. The summed E-state index contributed by atoms with van der Waals surface area (Å²) in [4.78, 5) is 16.3. The summed E-state index contributed by atoms with van der Waals surface area (Å²) in [6.07, 6.45) is 3.85. The van der Waals surface area contributed by atoms with E-state index in [2.05, 4.69) is 4.90 Å². The Kier molecular flexibility index (Phi) is 2.88. The molecule has 1 aromatic carbocycles. The molecule has 1 heterocycles. The van der Waals surface area contributed by atoms with E-state index in [0.29, 0.717) is 6.04 Å². The van der Waals surface area contributed by atoms with Crippen LogP contribution < -0.4 is 10.6 Å². The number of hydrogen-bond donors (Lipinski definition) is 1. The van der Waals surface area contributed by atoms with E-state index in [1.165, 1.54) is 19.3 Å². The number of nitrogen functional groups attached to an aromatic ring is 1. The standard InChI is InChI=1S/C15H21N3O/c1-17(2)15(19)13-6-4-11(16)8-14(13)18-9-10-3-5-12(18)7-10/h4,6,8,10,12H,3,5,7,9,16H2,1-2H3. The first-order valence-corrected chi connectivity index (χ1v) is 6.94. The molecule has 2 aliphatic rings. The van der Waals surface area contributed by atoms with Crippen LogP contribution in [0.4, 0.5) is 11.4 Å². The average Bonchev–Trinajstić information content (AvgIpc) is 3.00. The Labute approximate surface area is 114 Å². The monoisotopic (exact) mass is 259 g/mol. The number of rotatable bonds is 2. The van der Waals surface area contributed by atoms with Gasteiger partial charge in [-0.05, 0) is 43.4 Å². The quantitative estimate of drug-likeness (QED) is 0.826. The maximum Gasteiger partial charge on any atom is 0.255 e. The van der Waals surface area contributed by atoms with Crippen molar-refractivity contribution in [2.24, 2.45) is 5.92 Å². The molecule has 2 N–H and O–H groups in total. The van der Waals surface area contributed by atoms with E-state index in [1.54, 1.807) is 19.0 Å². The van der Waals surface area contributed by atoms with Crippen molar-refractivity contribution in [1.29, 1.82) is 0 Å². The Bertz CT molecular complexity index is 512. The highest BCUT2D eigenvalue weighted by molar-refractivity contribution is 6.00. The molecule has 3 rings (SSSR count). The van der Waals surface area contributed by atoms with E-state index in [9.17, 15) is 4.79 Å². The van der Waals surface area contributed by atoms with Gasteiger partial charge in [-0.25, -0.2) is 0 Å². The molecule has 4 heteroatoms. The van der Waals surface area contributed by atoms with E-state index in [-0.39, 0.29) is 5.91 Å². The van der Waals surface area contributed by atoms with Crippen LogP contribution in [0.25, 0.3) is 0 Å². The Morgan fingerprint density at radius 3 is 2.74 bits per heavy atom. The Morgan fingerprint density at radius 1 is 1.37 bits per heavy atom. The predicted octanol–water partition coefficient (Wildman–Crippen LogP) is 1.96. The van der Waals surface area contributed by atoms with Crippen LogP contribution in [-0.4, -0.2) is 37.5 Å². The number of anilines is 2. The second-order valence-corrected chi connectivity index (χ2v) is 5.96. The number of fused-ring (bicyclic) bond motifs is 2. The van der Waals surface area contributed by atoms with E-state index in [4.69, 9.17) is 5.73 Å². The molecule has 1 saturated carbocycles. The minimum Gasteiger partial charge on any atom is -0.399 e. The van der Waals surface area contributed by atoms with Crippen LogP contribution in [0.2, 0.25) is 0 Å². The minimum atomic E-state index is 0.0535. The van der Waals surface area contributed by atoms with Crippen molar-refractivity contribution in [2.45, 2.75) is 25.3 Å². The van der Waals surface area contributed by atoms with Crippen molar-refractivity contribution in [2.75, 3.05) is 31.3 Å². The van der Waals surface area contributed by atoms with Crippen molar-refractivity contribution >= 4 is 17.3 Å². The summed E-state index contributed by atoms with van der Waals surface area (Å²) in [5.41, 5.74) is 8.44. The van der Waals surface area contributed by atoms with Gasteiger partial charge in [0.25, 0.3) is 5.91 Å². The minimum absolute atomic E-state index is 0.0535. The third-order valence-corrected chi connectivity index (χ3v) is 4.38. The average molecular weight is 259 g/mol. The summed E-state index contributed by atoms with van der Waals surface area (Å²) in [6, 6.07) is 6.23. The lowest BCUT2D eigenvalue weighted by Crippen LogP contribution is -2.34. The van der Waals surface area contributed by atoms with Gasteiger partial charge >= 0.3 is 0 Å². The Hall–Kier alpha value is -1.71. The fraction of sp³-hybridized carbons (Fsp3) is 0.533. The van der Waals surface area contributed by atoms with Crippen LogP contribution in [0.1, 0.15) is 29.6 Å². The van der Waals surface area contributed by atoms with Gasteiger partial charge in [-0.3, -0.25) is 4.79 Å². The maximum atomic E-state index is 12.3. The van der Waals surface area contributed by atoms with Crippen molar-refractivity contribution in [3.8, 4) is 0 Å². The molecule has 1 aliphatic carbocycles. The van der Waals surface area contributed by atoms with Gasteiger partial charge in [-0.15, -0.1) is 0 Å². The van der Waals surface area contributed by atoms with Crippen LogP contribution >= 0.6 is 0 Å². The van der Waals surface area contributed by atoms with Crippen molar-refractivity contribution < 1.29 is 4.79 Å². The molecule has 4 nitrogen and oxygen atoms in total. The first-order valence-electron chi connectivity index (χ1n) is 6.94. The molecule has 19 heavy (non-hydrogen) atoms. The van der Waals surface area contributed by atoms with Crippen LogP contribution in [-0.2, 0) is 0 Å².